The van der Waals surface area contributed by atoms with E-state index in [9.17, 15) is 9.59 Å². The fourth-order valence-electron chi connectivity index (χ4n) is 2.67. The van der Waals surface area contributed by atoms with Gasteiger partial charge in [0.25, 0.3) is 11.8 Å². The van der Waals surface area contributed by atoms with Crippen LogP contribution in [0, 0.1) is 6.92 Å². The van der Waals surface area contributed by atoms with Gasteiger partial charge >= 0.3 is 0 Å². The molecule has 0 saturated carbocycles. The molecule has 0 fully saturated rings. The Morgan fingerprint density at radius 3 is 2.25 bits per heavy atom. The van der Waals surface area contributed by atoms with Gasteiger partial charge in [-0.1, -0.05) is 33.6 Å². The number of carbonyl (C=O) groups is 2. The number of benzene rings is 3. The molecule has 0 unspecified atom stereocenters. The lowest BCUT2D eigenvalue weighted by molar-refractivity contribution is 0.101. The Morgan fingerprint density at radius 2 is 1.57 bits per heavy atom. The zero-order chi connectivity index (χ0) is 20.1. The lowest BCUT2D eigenvalue weighted by Gasteiger charge is -2.13. The Balaban J connectivity index is 1.80. The van der Waals surface area contributed by atoms with Gasteiger partial charge in [0.05, 0.1) is 12.8 Å². The summed E-state index contributed by atoms with van der Waals surface area (Å²) in [5.41, 5.74) is 3.10. The van der Waals surface area contributed by atoms with Crippen LogP contribution in [0.1, 0.15) is 26.3 Å². The summed E-state index contributed by atoms with van der Waals surface area (Å²) in [6, 6.07) is 19.4. The largest absolute Gasteiger partial charge is 0.495 e. The first kappa shape index (κ1) is 19.6. The van der Waals surface area contributed by atoms with Crippen molar-refractivity contribution < 1.29 is 14.3 Å². The molecular weight excluding hydrogens is 420 g/mol. The van der Waals surface area contributed by atoms with Crippen LogP contribution in [0.5, 0.6) is 5.75 Å². The van der Waals surface area contributed by atoms with Crippen LogP contribution in [-0.2, 0) is 0 Å². The molecule has 0 bridgehead atoms. The fourth-order valence-corrected chi connectivity index (χ4v) is 2.93. The number of hydrogen-bond acceptors (Lipinski definition) is 3. The van der Waals surface area contributed by atoms with E-state index in [2.05, 4.69) is 26.6 Å². The van der Waals surface area contributed by atoms with Crippen molar-refractivity contribution in [3.05, 3.63) is 87.9 Å². The van der Waals surface area contributed by atoms with Gasteiger partial charge < -0.3 is 15.4 Å². The van der Waals surface area contributed by atoms with Gasteiger partial charge in [0.15, 0.2) is 0 Å². The topological polar surface area (TPSA) is 67.4 Å². The van der Waals surface area contributed by atoms with E-state index < -0.39 is 0 Å². The Kier molecular flexibility index (Phi) is 6.11. The molecular formula is C22H19BrN2O3. The lowest BCUT2D eigenvalue weighted by atomic mass is 10.1. The van der Waals surface area contributed by atoms with Crippen LogP contribution >= 0.6 is 15.9 Å². The van der Waals surface area contributed by atoms with E-state index in [-0.39, 0.29) is 11.8 Å². The van der Waals surface area contributed by atoms with E-state index in [1.165, 1.54) is 7.11 Å². The number of halogens is 1. The Hall–Kier alpha value is -3.12. The standard InChI is InChI=1S/C22H19BrN2O3/c1-14-4-3-5-16(12-14)22(27)25-19-13-18(10-11-20(19)28-2)24-21(26)15-6-8-17(23)9-7-15/h3-13H,1-2H3,(H,24,26)(H,25,27). The van der Waals surface area contributed by atoms with Crippen LogP contribution < -0.4 is 15.4 Å². The van der Waals surface area contributed by atoms with Gasteiger partial charge in [0.1, 0.15) is 5.75 Å². The van der Waals surface area contributed by atoms with Crippen LogP contribution in [0.25, 0.3) is 0 Å². The number of ether oxygens (including phenoxy) is 1. The molecule has 0 aliphatic rings. The van der Waals surface area contributed by atoms with Crippen molar-refractivity contribution in [2.45, 2.75) is 6.92 Å². The van der Waals surface area contributed by atoms with Gasteiger partial charge in [0.2, 0.25) is 0 Å². The minimum atomic E-state index is -0.251. The van der Waals surface area contributed by atoms with Gasteiger partial charge in [-0.3, -0.25) is 9.59 Å². The van der Waals surface area contributed by atoms with Crippen molar-refractivity contribution in [1.29, 1.82) is 0 Å². The van der Waals surface area contributed by atoms with Crippen molar-refractivity contribution in [2.75, 3.05) is 17.7 Å². The van der Waals surface area contributed by atoms with E-state index >= 15 is 0 Å². The summed E-state index contributed by atoms with van der Waals surface area (Å²) in [5.74, 6) is 0.00894. The van der Waals surface area contributed by atoms with Crippen LogP contribution in [0.2, 0.25) is 0 Å². The molecule has 6 heteroatoms. The molecule has 0 radical (unpaired) electrons. The molecule has 3 rings (SSSR count). The van der Waals surface area contributed by atoms with Gasteiger partial charge in [-0.15, -0.1) is 0 Å². The monoisotopic (exact) mass is 438 g/mol. The summed E-state index contributed by atoms with van der Waals surface area (Å²) >= 11 is 3.35. The van der Waals surface area contributed by atoms with Crippen molar-refractivity contribution in [3.63, 3.8) is 0 Å². The third-order valence-corrected chi connectivity index (χ3v) is 4.62. The first-order valence-corrected chi connectivity index (χ1v) is 9.38. The van der Waals surface area contributed by atoms with Crippen LogP contribution in [0.15, 0.2) is 71.2 Å². The quantitative estimate of drug-likeness (QED) is 0.569. The third kappa shape index (κ3) is 4.78. The average Bonchev–Trinajstić information content (AvgIpc) is 2.68. The van der Waals surface area contributed by atoms with Gasteiger partial charge in [-0.2, -0.15) is 0 Å². The molecule has 3 aromatic carbocycles. The lowest BCUT2D eigenvalue weighted by Crippen LogP contribution is -2.14. The smallest absolute Gasteiger partial charge is 0.255 e. The highest BCUT2D eigenvalue weighted by molar-refractivity contribution is 9.10. The Bertz CT molecular complexity index is 1020. The molecule has 142 valence electrons. The van der Waals surface area contributed by atoms with Crippen molar-refractivity contribution in [3.8, 4) is 5.75 Å². The molecule has 0 heterocycles. The van der Waals surface area contributed by atoms with E-state index in [0.717, 1.165) is 10.0 Å². The van der Waals surface area contributed by atoms with Gasteiger partial charge in [-0.25, -0.2) is 0 Å². The normalized spacial score (nSPS) is 10.2. The van der Waals surface area contributed by atoms with Crippen molar-refractivity contribution in [2.24, 2.45) is 0 Å². The summed E-state index contributed by atoms with van der Waals surface area (Å²) < 4.78 is 6.23. The van der Waals surface area contributed by atoms with Crippen molar-refractivity contribution in [1.82, 2.24) is 0 Å². The predicted molar refractivity (Wildman–Crippen MR) is 114 cm³/mol. The van der Waals surface area contributed by atoms with Gasteiger partial charge in [-0.05, 0) is 61.5 Å². The number of aryl methyl sites for hydroxylation is 1. The first-order chi connectivity index (χ1) is 13.5. The molecule has 0 aliphatic carbocycles. The molecule has 0 atom stereocenters. The van der Waals surface area contributed by atoms with E-state index in [1.807, 2.05) is 19.1 Å². The number of amides is 2. The molecule has 3 aromatic rings. The van der Waals surface area contributed by atoms with Crippen molar-refractivity contribution >= 4 is 39.1 Å². The summed E-state index contributed by atoms with van der Waals surface area (Å²) in [6.07, 6.45) is 0. The first-order valence-electron chi connectivity index (χ1n) is 8.59. The number of nitrogens with one attached hydrogen (secondary N) is 2. The highest BCUT2D eigenvalue weighted by Crippen LogP contribution is 2.28. The number of rotatable bonds is 5. The van der Waals surface area contributed by atoms with Crippen LogP contribution in [0.4, 0.5) is 11.4 Å². The zero-order valence-electron chi connectivity index (χ0n) is 15.5. The second kappa shape index (κ2) is 8.71. The Morgan fingerprint density at radius 1 is 0.857 bits per heavy atom. The summed E-state index contributed by atoms with van der Waals surface area (Å²) in [7, 11) is 1.53. The minimum Gasteiger partial charge on any atom is -0.495 e. The number of hydrogen-bond donors (Lipinski definition) is 2. The van der Waals surface area contributed by atoms with Crippen LogP contribution in [-0.4, -0.2) is 18.9 Å². The zero-order valence-corrected chi connectivity index (χ0v) is 17.0. The molecule has 0 aliphatic heterocycles. The fraction of sp³-hybridized carbons (Fsp3) is 0.0909. The van der Waals surface area contributed by atoms with E-state index in [0.29, 0.717) is 28.3 Å². The molecule has 0 spiro atoms. The number of anilines is 2. The maximum Gasteiger partial charge on any atom is 0.255 e. The second-order valence-electron chi connectivity index (χ2n) is 6.20. The highest BCUT2D eigenvalue weighted by Gasteiger charge is 2.12. The summed E-state index contributed by atoms with van der Waals surface area (Å²) in [4.78, 5) is 25.0. The molecule has 28 heavy (non-hydrogen) atoms. The summed E-state index contributed by atoms with van der Waals surface area (Å²) in [5, 5.41) is 5.67. The van der Waals surface area contributed by atoms with E-state index in [1.54, 1.807) is 54.6 Å². The van der Waals surface area contributed by atoms with Crippen LogP contribution in [0.3, 0.4) is 0 Å². The highest BCUT2D eigenvalue weighted by atomic mass is 79.9. The molecule has 5 nitrogen and oxygen atoms in total. The minimum absolute atomic E-state index is 0.242. The molecule has 0 saturated heterocycles. The third-order valence-electron chi connectivity index (χ3n) is 4.09. The maximum atomic E-state index is 12.6. The molecule has 2 amide bonds. The second-order valence-corrected chi connectivity index (χ2v) is 7.12. The maximum absolute atomic E-state index is 12.6. The SMILES string of the molecule is COc1ccc(NC(=O)c2ccc(Br)cc2)cc1NC(=O)c1cccc(C)c1. The number of methoxy groups -OCH3 is 1. The van der Waals surface area contributed by atoms with Gasteiger partial charge in [0, 0.05) is 21.3 Å². The predicted octanol–water partition coefficient (Wildman–Crippen LogP) is 5.27. The molecule has 2 N–H and O–H groups in total. The Labute approximate surface area is 171 Å². The number of carbonyl (C=O) groups excluding carboxylic acids is 2. The summed E-state index contributed by atoms with van der Waals surface area (Å²) in [6.45, 7) is 1.93. The van der Waals surface area contributed by atoms with E-state index in [4.69, 9.17) is 4.74 Å². The molecule has 0 aromatic heterocycles. The average molecular weight is 439 g/mol.